The van der Waals surface area contributed by atoms with Crippen LogP contribution in [-0.2, 0) is 11.2 Å². The van der Waals surface area contributed by atoms with E-state index in [9.17, 15) is 4.79 Å². The summed E-state index contributed by atoms with van der Waals surface area (Å²) in [6.07, 6.45) is 0.565. The third-order valence-corrected chi connectivity index (χ3v) is 4.14. The Kier molecular flexibility index (Phi) is 5.49. The number of aryl methyl sites for hydroxylation is 1. The maximum absolute atomic E-state index is 11.8. The highest BCUT2D eigenvalue weighted by atomic mass is 79.9. The molecule has 1 aromatic rings. The molecule has 0 saturated heterocycles. The van der Waals surface area contributed by atoms with Gasteiger partial charge in [0.2, 0.25) is 0 Å². The zero-order chi connectivity index (χ0) is 13.2. The third kappa shape index (κ3) is 3.97. The Morgan fingerprint density at radius 2 is 1.88 bits per heavy atom. The van der Waals surface area contributed by atoms with Gasteiger partial charge in [0.05, 0.1) is 4.83 Å². The zero-order valence-electron chi connectivity index (χ0n) is 10.1. The van der Waals surface area contributed by atoms with E-state index in [0.29, 0.717) is 16.5 Å². The molecule has 1 nitrogen and oxygen atoms in total. The molecule has 1 atom stereocenters. The predicted molar refractivity (Wildman–Crippen MR) is 77.5 cm³/mol. The van der Waals surface area contributed by atoms with Crippen LogP contribution in [0.2, 0.25) is 10.0 Å². The minimum absolute atomic E-state index is 0.0130. The van der Waals surface area contributed by atoms with Crippen molar-refractivity contribution in [2.75, 3.05) is 0 Å². The Hall–Kier alpha value is -0.0500. The molecule has 0 aliphatic rings. The van der Waals surface area contributed by atoms with Crippen LogP contribution < -0.4 is 0 Å². The van der Waals surface area contributed by atoms with E-state index in [-0.39, 0.29) is 16.5 Å². The first-order valence-corrected chi connectivity index (χ1v) is 7.12. The average Bonchev–Trinajstić information content (AvgIpc) is 2.24. The molecule has 94 valence electrons. The fourth-order valence-corrected chi connectivity index (χ4v) is 2.86. The molecule has 0 radical (unpaired) electrons. The summed E-state index contributed by atoms with van der Waals surface area (Å²) >= 11 is 15.6. The van der Waals surface area contributed by atoms with E-state index in [4.69, 9.17) is 23.2 Å². The predicted octanol–water partition coefficient (Wildman–Crippen LogP) is 4.83. The average molecular weight is 338 g/mol. The number of hydrogen-bond acceptors (Lipinski definition) is 1. The summed E-state index contributed by atoms with van der Waals surface area (Å²) in [5, 5.41) is 1.34. The molecule has 0 heterocycles. The summed E-state index contributed by atoms with van der Waals surface area (Å²) in [5.41, 5.74) is 1.85. The number of alkyl halides is 1. The Balaban J connectivity index is 2.89. The van der Waals surface area contributed by atoms with Crippen molar-refractivity contribution in [1.29, 1.82) is 0 Å². The Labute approximate surface area is 121 Å². The van der Waals surface area contributed by atoms with Gasteiger partial charge in [-0.1, -0.05) is 53.0 Å². The molecule has 0 fully saturated rings. The molecule has 1 unspecified atom stereocenters. The molecule has 4 heteroatoms. The number of ketones is 1. The number of carbonyl (C=O) groups is 1. The van der Waals surface area contributed by atoms with Crippen molar-refractivity contribution in [2.45, 2.75) is 32.0 Å². The molecular formula is C13H15BrCl2O. The van der Waals surface area contributed by atoms with Crippen molar-refractivity contribution in [1.82, 2.24) is 0 Å². The van der Waals surface area contributed by atoms with Crippen LogP contribution in [0.4, 0.5) is 0 Å². The fourth-order valence-electron chi connectivity index (χ4n) is 1.50. The summed E-state index contributed by atoms with van der Waals surface area (Å²) in [7, 11) is 0. The second-order valence-corrected chi connectivity index (χ2v) is 6.34. The largest absolute Gasteiger partial charge is 0.298 e. The van der Waals surface area contributed by atoms with Crippen LogP contribution in [-0.4, -0.2) is 10.6 Å². The minimum atomic E-state index is -0.209. The fraction of sp³-hybridized carbons (Fsp3) is 0.462. The molecule has 0 saturated carbocycles. The van der Waals surface area contributed by atoms with Crippen molar-refractivity contribution in [2.24, 2.45) is 5.92 Å². The standard InChI is InChI=1S/C13H15BrCl2O/c1-7(2)13(17)10(14)5-9-6-11(15)8(3)4-12(9)16/h4,6-7,10H,5H2,1-3H3. The maximum atomic E-state index is 11.8. The van der Waals surface area contributed by atoms with Crippen LogP contribution in [0.5, 0.6) is 0 Å². The SMILES string of the molecule is Cc1cc(Cl)c(CC(Br)C(=O)C(C)C)cc1Cl. The first kappa shape index (κ1) is 15.0. The molecule has 1 aromatic carbocycles. The highest BCUT2D eigenvalue weighted by molar-refractivity contribution is 9.10. The summed E-state index contributed by atoms with van der Waals surface area (Å²) in [6, 6.07) is 3.67. The lowest BCUT2D eigenvalue weighted by molar-refractivity contribution is -0.121. The van der Waals surface area contributed by atoms with Crippen LogP contribution in [0, 0.1) is 12.8 Å². The van der Waals surface area contributed by atoms with E-state index < -0.39 is 0 Å². The molecule has 0 bridgehead atoms. The lowest BCUT2D eigenvalue weighted by Crippen LogP contribution is -2.21. The number of halogens is 3. The number of carbonyl (C=O) groups excluding carboxylic acids is 1. The Morgan fingerprint density at radius 1 is 1.29 bits per heavy atom. The molecule has 0 aliphatic heterocycles. The Morgan fingerprint density at radius 3 is 2.41 bits per heavy atom. The van der Waals surface area contributed by atoms with E-state index in [1.54, 1.807) is 0 Å². The van der Waals surface area contributed by atoms with E-state index in [0.717, 1.165) is 11.1 Å². The van der Waals surface area contributed by atoms with Crippen LogP contribution in [0.25, 0.3) is 0 Å². The van der Waals surface area contributed by atoms with Crippen LogP contribution in [0.3, 0.4) is 0 Å². The molecule has 0 aromatic heterocycles. The highest BCUT2D eigenvalue weighted by Gasteiger charge is 2.20. The lowest BCUT2D eigenvalue weighted by Gasteiger charge is -2.13. The van der Waals surface area contributed by atoms with E-state index in [2.05, 4.69) is 15.9 Å². The molecule has 17 heavy (non-hydrogen) atoms. The van der Waals surface area contributed by atoms with Gasteiger partial charge < -0.3 is 0 Å². The monoisotopic (exact) mass is 336 g/mol. The van der Waals surface area contributed by atoms with Crippen molar-refractivity contribution in [3.63, 3.8) is 0 Å². The smallest absolute Gasteiger partial charge is 0.149 e. The highest BCUT2D eigenvalue weighted by Crippen LogP contribution is 2.27. The molecule has 0 spiro atoms. The van der Waals surface area contributed by atoms with E-state index in [1.165, 1.54) is 0 Å². The summed E-state index contributed by atoms with van der Waals surface area (Å²) < 4.78 is 0. The first-order chi connectivity index (χ1) is 7.82. The van der Waals surface area contributed by atoms with Gasteiger partial charge in [-0.15, -0.1) is 0 Å². The number of benzene rings is 1. The summed E-state index contributed by atoms with van der Waals surface area (Å²) in [6.45, 7) is 5.68. The minimum Gasteiger partial charge on any atom is -0.298 e. The molecule has 0 aliphatic carbocycles. The molecule has 0 amide bonds. The summed E-state index contributed by atoms with van der Waals surface area (Å²) in [5.74, 6) is 0.192. The van der Waals surface area contributed by atoms with Crippen molar-refractivity contribution < 1.29 is 4.79 Å². The lowest BCUT2D eigenvalue weighted by atomic mass is 10.0. The van der Waals surface area contributed by atoms with Gasteiger partial charge in [0.1, 0.15) is 5.78 Å². The van der Waals surface area contributed by atoms with Crippen LogP contribution in [0.1, 0.15) is 25.0 Å². The van der Waals surface area contributed by atoms with Crippen LogP contribution >= 0.6 is 39.1 Å². The van der Waals surface area contributed by atoms with Gasteiger partial charge in [-0.3, -0.25) is 4.79 Å². The zero-order valence-corrected chi connectivity index (χ0v) is 13.2. The van der Waals surface area contributed by atoms with Gasteiger partial charge in [0.25, 0.3) is 0 Å². The van der Waals surface area contributed by atoms with Gasteiger partial charge in [0.15, 0.2) is 0 Å². The van der Waals surface area contributed by atoms with E-state index in [1.807, 2.05) is 32.9 Å². The van der Waals surface area contributed by atoms with Crippen molar-refractivity contribution in [3.05, 3.63) is 33.3 Å². The third-order valence-electron chi connectivity index (χ3n) is 2.60. The van der Waals surface area contributed by atoms with Crippen molar-refractivity contribution >= 4 is 44.9 Å². The first-order valence-electron chi connectivity index (χ1n) is 5.45. The second-order valence-electron chi connectivity index (χ2n) is 4.42. The normalized spacial score (nSPS) is 12.9. The van der Waals surface area contributed by atoms with Gasteiger partial charge in [-0.2, -0.15) is 0 Å². The second kappa shape index (κ2) is 6.21. The van der Waals surface area contributed by atoms with Gasteiger partial charge in [-0.25, -0.2) is 0 Å². The van der Waals surface area contributed by atoms with Gasteiger partial charge >= 0.3 is 0 Å². The molecule has 1 rings (SSSR count). The quantitative estimate of drug-likeness (QED) is 0.719. The number of Topliss-reactive ketones (excluding diaryl/α,β-unsaturated/α-hetero) is 1. The molecule has 0 N–H and O–H groups in total. The Bertz CT molecular complexity index is 430. The van der Waals surface area contributed by atoms with Gasteiger partial charge in [0, 0.05) is 16.0 Å². The number of hydrogen-bond donors (Lipinski definition) is 0. The van der Waals surface area contributed by atoms with Crippen molar-refractivity contribution in [3.8, 4) is 0 Å². The van der Waals surface area contributed by atoms with Crippen LogP contribution in [0.15, 0.2) is 12.1 Å². The summed E-state index contributed by atoms with van der Waals surface area (Å²) in [4.78, 5) is 11.6. The topological polar surface area (TPSA) is 17.1 Å². The maximum Gasteiger partial charge on any atom is 0.149 e. The van der Waals surface area contributed by atoms with E-state index >= 15 is 0 Å². The van der Waals surface area contributed by atoms with Gasteiger partial charge in [-0.05, 0) is 36.6 Å². The number of rotatable bonds is 4. The molecular weight excluding hydrogens is 323 g/mol.